The summed E-state index contributed by atoms with van der Waals surface area (Å²) >= 11 is 0. The average molecular weight is 913 g/mol. The van der Waals surface area contributed by atoms with E-state index < -0.39 is 32.5 Å². The van der Waals surface area contributed by atoms with Gasteiger partial charge < -0.3 is 18.9 Å². The number of ether oxygens (including phenoxy) is 2. The Labute approximate surface area is 391 Å². The second-order valence-corrected chi connectivity index (χ2v) is 18.5. The summed E-state index contributed by atoms with van der Waals surface area (Å²) in [6, 6.07) is 0. The summed E-state index contributed by atoms with van der Waals surface area (Å²) in [5.74, 6) is -0.847. The third-order valence-electron chi connectivity index (χ3n) is 9.80. The fourth-order valence-corrected chi connectivity index (χ4v) is 6.77. The molecule has 0 aliphatic heterocycles. The van der Waals surface area contributed by atoms with Gasteiger partial charge in [-0.1, -0.05) is 168 Å². The van der Waals surface area contributed by atoms with Crippen LogP contribution in [0.25, 0.3) is 0 Å². The molecule has 2 unspecified atom stereocenters. The summed E-state index contributed by atoms with van der Waals surface area (Å²) < 4.78 is 34.4. The van der Waals surface area contributed by atoms with Gasteiger partial charge in [-0.2, -0.15) is 0 Å². The fraction of sp³-hybridized carbons (Fsp3) is 0.630. The molecule has 0 saturated carbocycles. The number of phosphoric ester groups is 1. The molecular weight excluding hydrogens is 822 g/mol. The van der Waals surface area contributed by atoms with E-state index in [4.69, 9.17) is 18.5 Å². The van der Waals surface area contributed by atoms with Gasteiger partial charge in [0, 0.05) is 12.8 Å². The highest BCUT2D eigenvalue weighted by atomic mass is 31.2. The Morgan fingerprint density at radius 3 is 1.25 bits per heavy atom. The molecule has 10 heteroatoms. The number of hydrogen-bond donors (Lipinski definition) is 1. The van der Waals surface area contributed by atoms with Gasteiger partial charge in [-0.05, 0) is 96.3 Å². The van der Waals surface area contributed by atoms with E-state index in [0.29, 0.717) is 23.9 Å². The largest absolute Gasteiger partial charge is 0.472 e. The lowest BCUT2D eigenvalue weighted by Crippen LogP contribution is -2.37. The van der Waals surface area contributed by atoms with Crippen molar-refractivity contribution < 1.29 is 42.1 Å². The second-order valence-electron chi connectivity index (χ2n) is 17.1. The first kappa shape index (κ1) is 60.7. The molecular formula is C54H91NO8P+. The van der Waals surface area contributed by atoms with Gasteiger partial charge in [-0.15, -0.1) is 0 Å². The predicted molar refractivity (Wildman–Crippen MR) is 270 cm³/mol. The van der Waals surface area contributed by atoms with E-state index in [2.05, 4.69) is 123 Å². The summed E-state index contributed by atoms with van der Waals surface area (Å²) in [4.78, 5) is 35.5. The third kappa shape index (κ3) is 48.1. The summed E-state index contributed by atoms with van der Waals surface area (Å²) in [5.41, 5.74) is 0. The normalized spacial score (nSPS) is 14.4. The number of carbonyl (C=O) groups is 2. The Bertz CT molecular complexity index is 1450. The molecule has 0 aliphatic rings. The van der Waals surface area contributed by atoms with Crippen LogP contribution < -0.4 is 0 Å². The number of unbranched alkanes of at least 4 members (excludes halogenated alkanes) is 11. The molecule has 0 aromatic carbocycles. The van der Waals surface area contributed by atoms with Crippen molar-refractivity contribution in [2.24, 2.45) is 0 Å². The van der Waals surface area contributed by atoms with Gasteiger partial charge in [0.15, 0.2) is 6.10 Å². The Kier molecular flexibility index (Phi) is 42.5. The summed E-state index contributed by atoms with van der Waals surface area (Å²) in [5, 5.41) is 0. The smallest absolute Gasteiger partial charge is 0.462 e. The lowest BCUT2D eigenvalue weighted by molar-refractivity contribution is -0.870. The molecule has 0 amide bonds. The van der Waals surface area contributed by atoms with Crippen molar-refractivity contribution >= 4 is 19.8 Å². The highest BCUT2D eigenvalue weighted by Crippen LogP contribution is 2.43. The lowest BCUT2D eigenvalue weighted by atomic mass is 10.1. The molecule has 0 aromatic heterocycles. The zero-order chi connectivity index (χ0) is 47.1. The maximum absolute atomic E-state index is 12.8. The van der Waals surface area contributed by atoms with Gasteiger partial charge in [0.25, 0.3) is 0 Å². The standard InChI is InChI=1S/C54H90NO8P/c1-6-8-10-12-14-16-18-20-22-24-26-27-29-31-33-35-37-39-41-43-45-47-54(57)63-52(51-62-64(58,59)61-49-48-55(3,4)5)50-60-53(56)46-44-42-40-38-36-34-32-30-28-25-23-21-19-17-15-13-11-9-7-2/h8-11,14-17,20-23,26-28,30-31,33,52H,6-7,12-13,18-19,24-25,29,32,34-51H2,1-5H3/p+1/b10-8-,11-9-,16-14-,17-15-,22-20-,23-21-,27-26-,30-28-,33-31-. The van der Waals surface area contributed by atoms with E-state index in [-0.39, 0.29) is 26.1 Å². The molecule has 0 aromatic rings. The minimum absolute atomic E-state index is 0.0182. The van der Waals surface area contributed by atoms with E-state index in [1.165, 1.54) is 0 Å². The van der Waals surface area contributed by atoms with Gasteiger partial charge in [0.1, 0.15) is 19.8 Å². The van der Waals surface area contributed by atoms with Gasteiger partial charge in [-0.3, -0.25) is 18.6 Å². The van der Waals surface area contributed by atoms with E-state index in [9.17, 15) is 19.0 Å². The number of carbonyl (C=O) groups excluding carboxylic acids is 2. The Morgan fingerprint density at radius 2 is 0.844 bits per heavy atom. The van der Waals surface area contributed by atoms with Gasteiger partial charge in [0.05, 0.1) is 27.7 Å². The molecule has 0 saturated heterocycles. The summed E-state index contributed by atoms with van der Waals surface area (Å²) in [7, 11) is 1.43. The van der Waals surface area contributed by atoms with Crippen LogP contribution in [-0.2, 0) is 32.7 Å². The van der Waals surface area contributed by atoms with Crippen LogP contribution >= 0.6 is 7.82 Å². The quantitative estimate of drug-likeness (QED) is 0.0212. The molecule has 0 fully saturated rings. The maximum Gasteiger partial charge on any atom is 0.472 e. The van der Waals surface area contributed by atoms with Crippen LogP contribution in [0.2, 0.25) is 0 Å². The van der Waals surface area contributed by atoms with Crippen molar-refractivity contribution in [3.8, 4) is 0 Å². The van der Waals surface area contributed by atoms with E-state index in [1.54, 1.807) is 0 Å². The summed E-state index contributed by atoms with van der Waals surface area (Å²) in [6.07, 6.45) is 61.3. The molecule has 0 spiro atoms. The highest BCUT2D eigenvalue weighted by Gasteiger charge is 2.27. The first-order valence-electron chi connectivity index (χ1n) is 24.6. The molecule has 2 atom stereocenters. The number of esters is 2. The average Bonchev–Trinajstić information content (AvgIpc) is 3.25. The van der Waals surface area contributed by atoms with Crippen LogP contribution in [0, 0.1) is 0 Å². The van der Waals surface area contributed by atoms with Crippen molar-refractivity contribution in [2.75, 3.05) is 47.5 Å². The van der Waals surface area contributed by atoms with E-state index in [0.717, 1.165) is 128 Å². The van der Waals surface area contributed by atoms with Crippen LogP contribution in [0.1, 0.15) is 168 Å². The van der Waals surface area contributed by atoms with Gasteiger partial charge >= 0.3 is 19.8 Å². The number of likely N-dealkylation sites (N-methyl/N-ethyl adjacent to an activating group) is 1. The monoisotopic (exact) mass is 913 g/mol. The van der Waals surface area contributed by atoms with E-state index in [1.807, 2.05) is 21.1 Å². The predicted octanol–water partition coefficient (Wildman–Crippen LogP) is 14.7. The molecule has 0 heterocycles. The first-order valence-corrected chi connectivity index (χ1v) is 26.1. The highest BCUT2D eigenvalue weighted by molar-refractivity contribution is 7.47. The van der Waals surface area contributed by atoms with Crippen LogP contribution in [0.3, 0.4) is 0 Å². The first-order chi connectivity index (χ1) is 31.0. The number of nitrogens with zero attached hydrogens (tertiary/aromatic N) is 1. The maximum atomic E-state index is 12.8. The number of allylic oxidation sites excluding steroid dienone is 18. The summed E-state index contributed by atoms with van der Waals surface area (Å²) in [6.45, 7) is 4.14. The molecule has 364 valence electrons. The number of quaternary nitrogens is 1. The third-order valence-corrected chi connectivity index (χ3v) is 10.8. The zero-order valence-electron chi connectivity index (χ0n) is 41.0. The Morgan fingerprint density at radius 1 is 0.484 bits per heavy atom. The van der Waals surface area contributed by atoms with E-state index >= 15 is 0 Å². The van der Waals surface area contributed by atoms with Crippen LogP contribution in [0.4, 0.5) is 0 Å². The Balaban J connectivity index is 4.38. The van der Waals surface area contributed by atoms with Gasteiger partial charge in [-0.25, -0.2) is 4.57 Å². The molecule has 9 nitrogen and oxygen atoms in total. The van der Waals surface area contributed by atoms with Crippen molar-refractivity contribution in [2.45, 2.75) is 174 Å². The number of phosphoric acid groups is 1. The zero-order valence-corrected chi connectivity index (χ0v) is 41.9. The molecule has 0 aliphatic carbocycles. The Hall–Kier alpha value is -3.33. The topological polar surface area (TPSA) is 108 Å². The minimum atomic E-state index is -4.40. The molecule has 64 heavy (non-hydrogen) atoms. The van der Waals surface area contributed by atoms with Crippen molar-refractivity contribution in [3.63, 3.8) is 0 Å². The molecule has 0 radical (unpaired) electrons. The second kappa shape index (κ2) is 44.9. The van der Waals surface area contributed by atoms with Crippen LogP contribution in [0.5, 0.6) is 0 Å². The molecule has 0 rings (SSSR count). The minimum Gasteiger partial charge on any atom is -0.462 e. The van der Waals surface area contributed by atoms with Crippen molar-refractivity contribution in [1.29, 1.82) is 0 Å². The number of hydrogen-bond acceptors (Lipinski definition) is 7. The number of rotatable bonds is 43. The van der Waals surface area contributed by atoms with Crippen LogP contribution in [-0.4, -0.2) is 74.9 Å². The van der Waals surface area contributed by atoms with Gasteiger partial charge in [0.2, 0.25) is 0 Å². The lowest BCUT2D eigenvalue weighted by Gasteiger charge is -2.24. The van der Waals surface area contributed by atoms with Crippen molar-refractivity contribution in [1.82, 2.24) is 0 Å². The molecule has 1 N–H and O–H groups in total. The SMILES string of the molecule is CC/C=C\C/C=C\C/C=C\C/C=C\C/C=C\CCCCCCCC(=O)OC(COC(=O)CCCCCCCC/C=C\C/C=C\C/C=C\C/C=C\CC)COP(=O)(O)OCC[N+](C)(C)C. The molecule has 0 bridgehead atoms. The van der Waals surface area contributed by atoms with Crippen molar-refractivity contribution in [3.05, 3.63) is 109 Å². The van der Waals surface area contributed by atoms with Crippen LogP contribution in [0.15, 0.2) is 109 Å². The fourth-order valence-electron chi connectivity index (χ4n) is 6.03.